The van der Waals surface area contributed by atoms with E-state index in [-0.39, 0.29) is 51.5 Å². The van der Waals surface area contributed by atoms with Gasteiger partial charge in [-0.15, -0.1) is 0 Å². The van der Waals surface area contributed by atoms with E-state index in [1.807, 2.05) is 30.3 Å². The molecule has 10 atom stereocenters. The monoisotopic (exact) mass is 1210 g/mol. The summed E-state index contributed by atoms with van der Waals surface area (Å²) in [5.41, 5.74) is -0.525. The largest absolute Gasteiger partial charge is 0.507 e. The zero-order valence-corrected chi connectivity index (χ0v) is 48.1. The summed E-state index contributed by atoms with van der Waals surface area (Å²) in [6, 6.07) is 46.3. The summed E-state index contributed by atoms with van der Waals surface area (Å²) in [6.07, 6.45) is -18.6. The van der Waals surface area contributed by atoms with Gasteiger partial charge < -0.3 is 71.5 Å². The van der Waals surface area contributed by atoms with E-state index >= 15 is 4.79 Å². The van der Waals surface area contributed by atoms with Crippen molar-refractivity contribution in [3.63, 3.8) is 0 Å². The maximum atomic E-state index is 15.4. The van der Waals surface area contributed by atoms with Crippen LogP contribution in [0.15, 0.2) is 191 Å². The van der Waals surface area contributed by atoms with Gasteiger partial charge in [0.25, 0.3) is 0 Å². The maximum absolute atomic E-state index is 15.4. The van der Waals surface area contributed by atoms with Gasteiger partial charge >= 0.3 is 35.8 Å². The molecule has 2 N–H and O–H groups in total. The van der Waals surface area contributed by atoms with Crippen molar-refractivity contribution in [1.29, 1.82) is 0 Å². The number of rotatable bonds is 20. The number of benzene rings is 7. The lowest BCUT2D eigenvalue weighted by Crippen LogP contribution is -2.67. The van der Waals surface area contributed by atoms with E-state index in [0.29, 0.717) is 0 Å². The Kier molecular flexibility index (Phi) is 19.3. The highest BCUT2D eigenvalue weighted by atomic mass is 16.8. The van der Waals surface area contributed by atoms with Crippen LogP contribution in [-0.4, -0.2) is 121 Å². The highest BCUT2D eigenvalue weighted by Crippen LogP contribution is 2.42. The van der Waals surface area contributed by atoms with Crippen molar-refractivity contribution < 1.29 is 100 Å². The van der Waals surface area contributed by atoms with Gasteiger partial charge in [-0.1, -0.05) is 103 Å². The Labute approximate surface area is 507 Å². The Hall–Kier alpha value is -10.6. The first-order chi connectivity index (χ1) is 43.0. The number of hydrogen-bond donors (Lipinski definition) is 2. The first-order valence-electron chi connectivity index (χ1n) is 27.9. The molecule has 0 amide bonds. The van der Waals surface area contributed by atoms with Gasteiger partial charge in [-0.2, -0.15) is 0 Å². The third-order valence-electron chi connectivity index (χ3n) is 14.2. The summed E-state index contributed by atoms with van der Waals surface area (Å²) in [6.45, 7) is 2.86. The van der Waals surface area contributed by atoms with Gasteiger partial charge in [0.1, 0.15) is 41.8 Å². The van der Waals surface area contributed by atoms with E-state index in [4.69, 9.17) is 61.3 Å². The third-order valence-corrected chi connectivity index (χ3v) is 14.2. The lowest BCUT2D eigenvalue weighted by Gasteiger charge is -2.48. The molecule has 2 aliphatic rings. The number of hydrogen-bond acceptors (Lipinski definition) is 22. The Morgan fingerprint density at radius 1 is 0.517 bits per heavy atom. The number of carbonyl (C=O) groups is 6. The number of esters is 6. The van der Waals surface area contributed by atoms with Gasteiger partial charge in [-0.3, -0.25) is 14.4 Å². The quantitative estimate of drug-likeness (QED) is 0.0531. The van der Waals surface area contributed by atoms with E-state index in [2.05, 4.69) is 0 Å². The summed E-state index contributed by atoms with van der Waals surface area (Å²) in [5, 5.41) is 22.5. The van der Waals surface area contributed by atoms with Gasteiger partial charge in [-0.25, -0.2) is 19.2 Å². The van der Waals surface area contributed by atoms with Crippen LogP contribution in [0.25, 0.3) is 22.3 Å². The maximum Gasteiger partial charge on any atom is 0.338 e. The molecule has 8 aromatic rings. The van der Waals surface area contributed by atoms with Crippen LogP contribution in [0.1, 0.15) is 67.8 Å². The molecule has 22 heteroatoms. The van der Waals surface area contributed by atoms with Gasteiger partial charge in [-0.05, 0) is 79.2 Å². The van der Waals surface area contributed by atoms with Crippen LogP contribution in [0.2, 0.25) is 0 Å². The molecule has 0 saturated carbocycles. The topological polar surface area (TPSA) is 284 Å². The van der Waals surface area contributed by atoms with Crippen LogP contribution in [0.3, 0.4) is 0 Å². The SMILES string of the molecule is COc1ccc(-c2oc3cc(OCc4ccccc4)cc(O)c3c(=O)c2O[C@@H]2OC(COC(C)=O)[C@@H](OC(C)=O)C(OC(=O)c3ccccc3)C2O[C@@H]2OC(C)[C@H](OC(=O)c3ccccc3)C(OC(=O)c3ccccc3)C2OC(=O)c2ccccc2)cc1O. The molecule has 1 aromatic heterocycles. The fourth-order valence-electron chi connectivity index (χ4n) is 9.97. The van der Waals surface area contributed by atoms with Crippen LogP contribution in [0, 0.1) is 0 Å². The Balaban J connectivity index is 1.16. The molecule has 22 nitrogen and oxygen atoms in total. The number of ether oxygens (including phenoxy) is 12. The average molecular weight is 1220 g/mol. The van der Waals surface area contributed by atoms with Crippen LogP contribution in [0.4, 0.5) is 0 Å². The normalized spacial score (nSPS) is 21.3. The molecule has 10 rings (SSSR count). The second kappa shape index (κ2) is 27.9. The lowest BCUT2D eigenvalue weighted by molar-refractivity contribution is -0.352. The second-order valence-corrected chi connectivity index (χ2v) is 20.4. The lowest BCUT2D eigenvalue weighted by atomic mass is 9.96. The molecule has 7 aromatic carbocycles. The molecule has 2 aliphatic heterocycles. The van der Waals surface area contributed by atoms with Gasteiger partial charge in [0.15, 0.2) is 60.2 Å². The zero-order chi connectivity index (χ0) is 62.7. The van der Waals surface area contributed by atoms with E-state index in [1.165, 1.54) is 92.9 Å². The molecule has 0 spiro atoms. The van der Waals surface area contributed by atoms with E-state index < -0.39 is 138 Å². The molecule has 0 aliphatic carbocycles. The fraction of sp³-hybridized carbons (Fsp3) is 0.239. The molecule has 0 bridgehead atoms. The van der Waals surface area contributed by atoms with Crippen LogP contribution < -0.4 is 19.6 Å². The van der Waals surface area contributed by atoms with E-state index in [0.717, 1.165) is 19.4 Å². The van der Waals surface area contributed by atoms with Crippen molar-refractivity contribution in [2.75, 3.05) is 13.7 Å². The first kappa shape index (κ1) is 61.5. The van der Waals surface area contributed by atoms with Gasteiger partial charge in [0.05, 0.1) is 35.5 Å². The van der Waals surface area contributed by atoms with Crippen molar-refractivity contribution in [3.8, 4) is 40.1 Å². The van der Waals surface area contributed by atoms with Crippen LogP contribution in [0.5, 0.6) is 28.7 Å². The number of carbonyl (C=O) groups excluding carboxylic acids is 6. The smallest absolute Gasteiger partial charge is 0.338 e. The van der Waals surface area contributed by atoms with Gasteiger partial charge in [0, 0.05) is 31.5 Å². The Morgan fingerprint density at radius 2 is 1.02 bits per heavy atom. The molecule has 2 fully saturated rings. The molecule has 3 heterocycles. The highest BCUT2D eigenvalue weighted by molar-refractivity contribution is 5.92. The van der Waals surface area contributed by atoms with Crippen molar-refractivity contribution in [1.82, 2.24) is 0 Å². The van der Waals surface area contributed by atoms with Crippen molar-refractivity contribution in [2.45, 2.75) is 88.8 Å². The predicted molar refractivity (Wildman–Crippen MR) is 312 cm³/mol. The fourth-order valence-corrected chi connectivity index (χ4v) is 9.97. The first-order valence-corrected chi connectivity index (χ1v) is 27.9. The minimum Gasteiger partial charge on any atom is -0.507 e. The Morgan fingerprint density at radius 3 is 1.53 bits per heavy atom. The number of phenols is 2. The average Bonchev–Trinajstić information content (AvgIpc) is 1.12. The third kappa shape index (κ3) is 14.5. The van der Waals surface area contributed by atoms with E-state index in [9.17, 15) is 39.0 Å². The molecular formula is C67H58O22. The summed E-state index contributed by atoms with van der Waals surface area (Å²) < 4.78 is 81.0. The van der Waals surface area contributed by atoms with E-state index in [1.54, 1.807) is 72.8 Å². The molecule has 0 radical (unpaired) electrons. The molecular weight excluding hydrogens is 1160 g/mol. The van der Waals surface area contributed by atoms with Crippen LogP contribution in [-0.2, 0) is 58.8 Å². The summed E-state index contributed by atoms with van der Waals surface area (Å²) >= 11 is 0. The molecule has 458 valence electrons. The van der Waals surface area contributed by atoms with Gasteiger partial charge in [0.2, 0.25) is 17.5 Å². The van der Waals surface area contributed by atoms with Crippen molar-refractivity contribution in [3.05, 3.63) is 220 Å². The summed E-state index contributed by atoms with van der Waals surface area (Å²) in [7, 11) is 1.31. The standard InChI is InChI=1S/C67H58O22/c1-37-54(84-62(73)41-22-12-6-13-23-41)58(85-63(74)42-24-14-7-15-25-42)60(87-65(76)44-28-18-9-19-29-44)66(80-37)89-61-59(86-64(75)43-26-16-8-17-27-43)56(81-39(3)69)51(36-78-38(2)68)83-67(61)88-57-53(72)52-48(71)33-46(79-35-40-20-10-5-11-21-40)34-50(52)82-55(57)45-30-31-49(77-4)47(70)32-45/h5-34,37,51,54,56,58-61,66-67,70-71H,35-36H2,1-4H3/t37?,51?,54-,56+,58?,59?,60?,61?,66-,67-/m0/s1. The minimum absolute atomic E-state index is 0.0135. The summed E-state index contributed by atoms with van der Waals surface area (Å²) in [5.74, 6) is -7.96. The minimum atomic E-state index is -2.18. The second-order valence-electron chi connectivity index (χ2n) is 20.4. The Bertz CT molecular complexity index is 3880. The number of methoxy groups -OCH3 is 1. The molecule has 6 unspecified atom stereocenters. The number of aromatic hydroxyl groups is 2. The number of phenolic OH excluding ortho intramolecular Hbond substituents is 2. The molecule has 2 saturated heterocycles. The van der Waals surface area contributed by atoms with Crippen molar-refractivity contribution in [2.24, 2.45) is 0 Å². The predicted octanol–water partition coefficient (Wildman–Crippen LogP) is 9.09. The molecule has 89 heavy (non-hydrogen) atoms. The highest BCUT2D eigenvalue weighted by Gasteiger charge is 2.58. The summed E-state index contributed by atoms with van der Waals surface area (Å²) in [4.78, 5) is 99.0. The van der Waals surface area contributed by atoms with Crippen molar-refractivity contribution >= 4 is 46.8 Å². The number of fused-ring (bicyclic) bond motifs is 1. The van der Waals surface area contributed by atoms with Crippen LogP contribution >= 0.6 is 0 Å². The zero-order valence-electron chi connectivity index (χ0n) is 48.1.